The number of aromatic nitrogens is 3. The van der Waals surface area contributed by atoms with E-state index in [-0.39, 0.29) is 37.9 Å². The van der Waals surface area contributed by atoms with Gasteiger partial charge in [0.2, 0.25) is 11.8 Å². The summed E-state index contributed by atoms with van der Waals surface area (Å²) in [4.78, 5) is 28.7. The summed E-state index contributed by atoms with van der Waals surface area (Å²) in [6.45, 7) is 6.00. The summed E-state index contributed by atoms with van der Waals surface area (Å²) in [5, 5.41) is 21.9. The highest BCUT2D eigenvalue weighted by molar-refractivity contribution is 5.90. The van der Waals surface area contributed by atoms with E-state index in [9.17, 15) is 19.1 Å². The number of β-amino-alcohol motifs (C(OH)–C–C–N with tert-alkyl or cyclic N) is 1. The van der Waals surface area contributed by atoms with Gasteiger partial charge in [-0.15, -0.1) is 5.10 Å². The van der Waals surface area contributed by atoms with Crippen molar-refractivity contribution in [2.24, 2.45) is 5.41 Å². The van der Waals surface area contributed by atoms with Crippen LogP contribution in [0.5, 0.6) is 11.5 Å². The van der Waals surface area contributed by atoms with Crippen LogP contribution in [0.4, 0.5) is 4.39 Å². The third kappa shape index (κ3) is 6.73. The van der Waals surface area contributed by atoms with Crippen molar-refractivity contribution < 1.29 is 28.6 Å². The minimum absolute atomic E-state index is 0.00315. The highest BCUT2D eigenvalue weighted by Crippen LogP contribution is 2.40. The number of rotatable bonds is 10. The van der Waals surface area contributed by atoms with Crippen molar-refractivity contribution in [2.75, 3.05) is 13.7 Å². The molecular weight excluding hydrogens is 541 g/mol. The minimum atomic E-state index is -0.847. The van der Waals surface area contributed by atoms with Crippen molar-refractivity contribution in [3.8, 4) is 11.5 Å². The molecule has 3 aromatic rings. The van der Waals surface area contributed by atoms with Crippen LogP contribution < -0.4 is 14.8 Å². The van der Waals surface area contributed by atoms with E-state index in [1.54, 1.807) is 48.2 Å². The zero-order valence-corrected chi connectivity index (χ0v) is 24.4. The lowest BCUT2D eigenvalue weighted by molar-refractivity contribution is -0.144. The van der Waals surface area contributed by atoms with Gasteiger partial charge in [0.25, 0.3) is 0 Å². The number of carbonyl (C=O) groups is 2. The van der Waals surface area contributed by atoms with E-state index in [0.717, 1.165) is 18.5 Å². The van der Waals surface area contributed by atoms with Gasteiger partial charge in [-0.1, -0.05) is 38.1 Å². The second-order valence-corrected chi connectivity index (χ2v) is 12.2. The molecule has 1 saturated carbocycles. The molecule has 2 heterocycles. The first-order valence-electron chi connectivity index (χ1n) is 14.3. The van der Waals surface area contributed by atoms with Crippen LogP contribution in [0.1, 0.15) is 68.8 Å². The molecule has 3 atom stereocenters. The average molecular weight is 580 g/mol. The third-order valence-electron chi connectivity index (χ3n) is 7.72. The van der Waals surface area contributed by atoms with Gasteiger partial charge in [-0.25, -0.2) is 9.07 Å². The molecule has 2 aromatic carbocycles. The Morgan fingerprint density at radius 2 is 1.93 bits per heavy atom. The molecule has 2 unspecified atom stereocenters. The van der Waals surface area contributed by atoms with Crippen LogP contribution in [0, 0.1) is 11.2 Å². The van der Waals surface area contributed by atoms with Crippen LogP contribution in [0.15, 0.2) is 48.7 Å². The van der Waals surface area contributed by atoms with Crippen molar-refractivity contribution in [1.82, 2.24) is 25.2 Å². The van der Waals surface area contributed by atoms with Crippen LogP contribution in [-0.2, 0) is 22.7 Å². The Bertz CT molecular complexity index is 1430. The zero-order chi connectivity index (χ0) is 30.0. The fourth-order valence-electron chi connectivity index (χ4n) is 5.33. The van der Waals surface area contributed by atoms with Crippen LogP contribution in [-0.4, -0.2) is 62.6 Å². The number of amides is 2. The molecule has 2 aliphatic rings. The summed E-state index contributed by atoms with van der Waals surface area (Å²) < 4.78 is 27.1. The van der Waals surface area contributed by atoms with Crippen LogP contribution in [0.25, 0.3) is 0 Å². The number of hydrogen-bond acceptors (Lipinski definition) is 7. The zero-order valence-electron chi connectivity index (χ0n) is 24.4. The monoisotopic (exact) mass is 579 g/mol. The molecule has 5 rings (SSSR count). The summed E-state index contributed by atoms with van der Waals surface area (Å²) in [7, 11) is 1.56. The van der Waals surface area contributed by atoms with Gasteiger partial charge in [-0.05, 0) is 48.1 Å². The lowest BCUT2D eigenvalue weighted by Gasteiger charge is -2.34. The summed E-state index contributed by atoms with van der Waals surface area (Å²) >= 11 is 0. The highest BCUT2D eigenvalue weighted by Gasteiger charge is 2.45. The first-order chi connectivity index (χ1) is 20.0. The maximum Gasteiger partial charge on any atom is 0.248 e. The van der Waals surface area contributed by atoms with Crippen LogP contribution in [0.2, 0.25) is 0 Å². The second kappa shape index (κ2) is 12.1. The SMILES string of the molecule is COc1cccc(OCc2cc(CNC(=O)C3CC(O)CN3C(=O)[C@@H](n3cc(C4CC4)nn3)C(C)(C)C)ccc2F)c1. The molecule has 2 N–H and O–H groups in total. The molecule has 0 radical (unpaired) electrons. The Hall–Kier alpha value is -3.99. The van der Waals surface area contributed by atoms with E-state index in [4.69, 9.17) is 9.47 Å². The lowest BCUT2D eigenvalue weighted by atomic mass is 9.85. The van der Waals surface area contributed by atoms with Gasteiger partial charge in [-0.2, -0.15) is 0 Å². The van der Waals surface area contributed by atoms with E-state index in [0.29, 0.717) is 28.5 Å². The number of ether oxygens (including phenoxy) is 2. The van der Waals surface area contributed by atoms with Crippen molar-refractivity contribution in [3.63, 3.8) is 0 Å². The Morgan fingerprint density at radius 1 is 1.17 bits per heavy atom. The van der Waals surface area contributed by atoms with Gasteiger partial charge in [-0.3, -0.25) is 9.59 Å². The number of aliphatic hydroxyl groups excluding tert-OH is 1. The van der Waals surface area contributed by atoms with E-state index < -0.39 is 29.4 Å². The van der Waals surface area contributed by atoms with Crippen molar-refractivity contribution in [2.45, 2.75) is 77.3 Å². The molecule has 11 heteroatoms. The number of halogens is 1. The molecule has 2 fully saturated rings. The number of likely N-dealkylation sites (tertiary alicyclic amines) is 1. The Kier molecular flexibility index (Phi) is 8.49. The first kappa shape index (κ1) is 29.5. The molecule has 42 heavy (non-hydrogen) atoms. The number of hydrogen-bond donors (Lipinski definition) is 2. The maximum absolute atomic E-state index is 14.5. The van der Waals surface area contributed by atoms with Gasteiger partial charge >= 0.3 is 0 Å². The smallest absolute Gasteiger partial charge is 0.248 e. The summed E-state index contributed by atoms with van der Waals surface area (Å²) in [5.74, 6) is 0.470. The van der Waals surface area contributed by atoms with Crippen LogP contribution in [0.3, 0.4) is 0 Å². The number of nitrogens with zero attached hydrogens (tertiary/aromatic N) is 4. The molecule has 1 saturated heterocycles. The number of methoxy groups -OCH3 is 1. The lowest BCUT2D eigenvalue weighted by Crippen LogP contribution is -2.50. The normalized spacial score (nSPS) is 19.4. The number of benzene rings is 2. The highest BCUT2D eigenvalue weighted by atomic mass is 19.1. The Morgan fingerprint density at radius 3 is 2.64 bits per heavy atom. The maximum atomic E-state index is 14.5. The standard InChI is InChI=1S/C31H38FN5O5/c1-31(2,3)28(37-17-26(34-35-37)20-9-10-20)30(40)36-16-22(38)13-27(36)29(39)33-15-19-8-11-25(32)21(12-19)18-42-24-7-5-6-23(14-24)41-4/h5-8,11-12,14,17,20,22,27-28,38H,9-10,13,15-16,18H2,1-4H3,(H,33,39)/t22?,27?,28-/m1/s1. The molecule has 1 aliphatic carbocycles. The van der Waals surface area contributed by atoms with E-state index in [1.807, 2.05) is 27.0 Å². The number of carbonyl (C=O) groups excluding carboxylic acids is 2. The quantitative estimate of drug-likeness (QED) is 0.376. The van der Waals surface area contributed by atoms with E-state index >= 15 is 0 Å². The summed E-state index contributed by atoms with van der Waals surface area (Å²) in [5.41, 5.74) is 1.37. The van der Waals surface area contributed by atoms with Crippen molar-refractivity contribution in [1.29, 1.82) is 0 Å². The van der Waals surface area contributed by atoms with E-state index in [1.165, 1.54) is 11.0 Å². The first-order valence-corrected chi connectivity index (χ1v) is 14.3. The molecule has 0 spiro atoms. The van der Waals surface area contributed by atoms with Crippen molar-refractivity contribution >= 4 is 11.8 Å². The number of aliphatic hydroxyl groups is 1. The fraction of sp³-hybridized carbons (Fsp3) is 0.484. The van der Waals surface area contributed by atoms with Gasteiger partial charge in [0, 0.05) is 43.3 Å². The fourth-order valence-corrected chi connectivity index (χ4v) is 5.33. The molecule has 2 amide bonds. The molecule has 10 nitrogen and oxygen atoms in total. The second-order valence-electron chi connectivity index (χ2n) is 12.2. The summed E-state index contributed by atoms with van der Waals surface area (Å²) in [6.07, 6.45) is 3.27. The van der Waals surface area contributed by atoms with E-state index in [2.05, 4.69) is 15.6 Å². The molecule has 224 valence electrons. The number of nitrogens with one attached hydrogen (secondary N) is 1. The third-order valence-corrected chi connectivity index (χ3v) is 7.72. The topological polar surface area (TPSA) is 119 Å². The Balaban J connectivity index is 1.25. The predicted octanol–water partition coefficient (Wildman–Crippen LogP) is 3.75. The van der Waals surface area contributed by atoms with Crippen LogP contribution >= 0.6 is 0 Å². The molecular formula is C31H38FN5O5. The Labute approximate surface area is 244 Å². The average Bonchev–Trinajstić information content (AvgIpc) is 3.57. The largest absolute Gasteiger partial charge is 0.497 e. The van der Waals surface area contributed by atoms with Gasteiger partial charge in [0.15, 0.2) is 0 Å². The van der Waals surface area contributed by atoms with Crippen molar-refractivity contribution in [3.05, 3.63) is 71.3 Å². The molecule has 1 aromatic heterocycles. The molecule has 1 aliphatic heterocycles. The minimum Gasteiger partial charge on any atom is -0.497 e. The summed E-state index contributed by atoms with van der Waals surface area (Å²) in [6, 6.07) is 10.1. The molecule has 0 bridgehead atoms. The van der Waals surface area contributed by atoms with Gasteiger partial charge < -0.3 is 24.8 Å². The predicted molar refractivity (Wildman–Crippen MR) is 152 cm³/mol. The van der Waals surface area contributed by atoms with Gasteiger partial charge in [0.1, 0.15) is 36.0 Å². The van der Waals surface area contributed by atoms with Gasteiger partial charge in [0.05, 0.1) is 18.9 Å².